The van der Waals surface area contributed by atoms with Gasteiger partial charge in [0.25, 0.3) is 0 Å². The van der Waals surface area contributed by atoms with Gasteiger partial charge in [0.1, 0.15) is 11.9 Å². The number of carboxylic acid groups (broad SMARTS) is 1. The van der Waals surface area contributed by atoms with Crippen molar-refractivity contribution in [3.05, 3.63) is 30.1 Å². The second kappa shape index (κ2) is 5.03. The summed E-state index contributed by atoms with van der Waals surface area (Å²) < 4.78 is 12.9. The van der Waals surface area contributed by atoms with E-state index in [1.807, 2.05) is 0 Å². The molecule has 96 valence electrons. The van der Waals surface area contributed by atoms with E-state index in [0.717, 1.165) is 0 Å². The molecule has 2 rings (SSSR count). The maximum Gasteiger partial charge on any atom is 0.326 e. The molecule has 5 nitrogen and oxygen atoms in total. The fourth-order valence-corrected chi connectivity index (χ4v) is 2.03. The quantitative estimate of drug-likeness (QED) is 0.844. The van der Waals surface area contributed by atoms with E-state index in [2.05, 4.69) is 5.32 Å². The molecule has 18 heavy (non-hydrogen) atoms. The summed E-state index contributed by atoms with van der Waals surface area (Å²) in [6.07, 6.45) is 1.11. The van der Waals surface area contributed by atoms with E-state index >= 15 is 0 Å². The highest BCUT2D eigenvalue weighted by molar-refractivity contribution is 5.92. The highest BCUT2D eigenvalue weighted by Gasteiger charge is 2.33. The molecule has 1 aliphatic rings. The summed E-state index contributed by atoms with van der Waals surface area (Å²) >= 11 is 0. The summed E-state index contributed by atoms with van der Waals surface area (Å²) in [5, 5.41) is 11.5. The first kappa shape index (κ1) is 12.3. The van der Waals surface area contributed by atoms with Crippen LogP contribution in [0.4, 0.5) is 14.9 Å². The average molecular weight is 252 g/mol. The molecule has 1 aromatic rings. The number of halogens is 1. The number of aliphatic carboxylic acids is 1. The van der Waals surface area contributed by atoms with E-state index in [1.165, 1.54) is 23.1 Å². The zero-order chi connectivity index (χ0) is 13.1. The molecule has 2 amide bonds. The molecule has 1 heterocycles. The van der Waals surface area contributed by atoms with E-state index in [1.54, 1.807) is 6.07 Å². The molecule has 1 fully saturated rings. The van der Waals surface area contributed by atoms with Crippen molar-refractivity contribution in [1.82, 2.24) is 4.90 Å². The number of benzene rings is 1. The van der Waals surface area contributed by atoms with Crippen LogP contribution in [0.5, 0.6) is 0 Å². The van der Waals surface area contributed by atoms with Gasteiger partial charge in [0, 0.05) is 12.2 Å². The lowest BCUT2D eigenvalue weighted by Crippen LogP contribution is -2.42. The molecule has 1 aliphatic heterocycles. The van der Waals surface area contributed by atoms with Gasteiger partial charge >= 0.3 is 12.0 Å². The Morgan fingerprint density at radius 1 is 1.44 bits per heavy atom. The number of nitrogens with zero attached hydrogens (tertiary/aromatic N) is 1. The smallest absolute Gasteiger partial charge is 0.326 e. The van der Waals surface area contributed by atoms with E-state index in [0.29, 0.717) is 25.1 Å². The maximum atomic E-state index is 12.9. The molecule has 1 saturated heterocycles. The monoisotopic (exact) mass is 252 g/mol. The number of hydrogen-bond acceptors (Lipinski definition) is 2. The van der Waals surface area contributed by atoms with E-state index in [-0.39, 0.29) is 0 Å². The first-order chi connectivity index (χ1) is 8.58. The number of nitrogens with one attached hydrogen (secondary N) is 1. The summed E-state index contributed by atoms with van der Waals surface area (Å²) in [7, 11) is 0. The van der Waals surface area contributed by atoms with Crippen LogP contribution in [0.2, 0.25) is 0 Å². The van der Waals surface area contributed by atoms with Gasteiger partial charge in [-0.1, -0.05) is 6.07 Å². The van der Waals surface area contributed by atoms with Crippen molar-refractivity contribution in [3.8, 4) is 0 Å². The van der Waals surface area contributed by atoms with Crippen LogP contribution < -0.4 is 5.32 Å². The van der Waals surface area contributed by atoms with E-state index in [4.69, 9.17) is 5.11 Å². The molecule has 2 N–H and O–H groups in total. The summed E-state index contributed by atoms with van der Waals surface area (Å²) in [6.45, 7) is 0.401. The van der Waals surface area contributed by atoms with Crippen LogP contribution in [0.15, 0.2) is 24.3 Å². The SMILES string of the molecule is O=C(O)[C@@H]1CCCN1C(=O)Nc1cccc(F)c1. The molecule has 0 aromatic heterocycles. The number of carbonyl (C=O) groups is 2. The van der Waals surface area contributed by atoms with Gasteiger partial charge in [-0.05, 0) is 31.0 Å². The summed E-state index contributed by atoms with van der Waals surface area (Å²) in [4.78, 5) is 24.1. The van der Waals surface area contributed by atoms with Crippen molar-refractivity contribution in [2.45, 2.75) is 18.9 Å². The molecular weight excluding hydrogens is 239 g/mol. The highest BCUT2D eigenvalue weighted by Crippen LogP contribution is 2.19. The third kappa shape index (κ3) is 2.58. The van der Waals surface area contributed by atoms with Crippen LogP contribution >= 0.6 is 0 Å². The lowest BCUT2D eigenvalue weighted by molar-refractivity contribution is -0.141. The van der Waals surface area contributed by atoms with E-state index in [9.17, 15) is 14.0 Å². The molecule has 1 atom stereocenters. The van der Waals surface area contributed by atoms with Gasteiger partial charge in [-0.2, -0.15) is 0 Å². The summed E-state index contributed by atoms with van der Waals surface area (Å²) in [5.74, 6) is -1.47. The van der Waals surface area contributed by atoms with Crippen molar-refractivity contribution in [1.29, 1.82) is 0 Å². The summed E-state index contributed by atoms with van der Waals surface area (Å²) in [6, 6.07) is 4.18. The van der Waals surface area contributed by atoms with Gasteiger partial charge in [0.05, 0.1) is 0 Å². The zero-order valence-corrected chi connectivity index (χ0v) is 9.60. The van der Waals surface area contributed by atoms with Crippen LogP contribution in [0.1, 0.15) is 12.8 Å². The number of hydrogen-bond donors (Lipinski definition) is 2. The Balaban J connectivity index is 2.06. The first-order valence-electron chi connectivity index (χ1n) is 5.64. The third-order valence-electron chi connectivity index (χ3n) is 2.87. The van der Waals surface area contributed by atoms with Crippen molar-refractivity contribution in [3.63, 3.8) is 0 Å². The van der Waals surface area contributed by atoms with Gasteiger partial charge < -0.3 is 15.3 Å². The van der Waals surface area contributed by atoms with Gasteiger partial charge in [-0.15, -0.1) is 0 Å². The lowest BCUT2D eigenvalue weighted by atomic mass is 10.2. The minimum Gasteiger partial charge on any atom is -0.480 e. The van der Waals surface area contributed by atoms with Crippen LogP contribution in [-0.2, 0) is 4.79 Å². The fraction of sp³-hybridized carbons (Fsp3) is 0.333. The standard InChI is InChI=1S/C12H13FN2O3/c13-8-3-1-4-9(7-8)14-12(18)15-6-2-5-10(15)11(16)17/h1,3-4,7,10H,2,5-6H2,(H,14,18)(H,16,17)/t10-/m0/s1. The fourth-order valence-electron chi connectivity index (χ4n) is 2.03. The topological polar surface area (TPSA) is 69.6 Å². The molecule has 0 unspecified atom stereocenters. The van der Waals surface area contributed by atoms with Crippen molar-refractivity contribution in [2.24, 2.45) is 0 Å². The minimum absolute atomic E-state index is 0.316. The van der Waals surface area contributed by atoms with Crippen LogP contribution in [0, 0.1) is 5.82 Å². The highest BCUT2D eigenvalue weighted by atomic mass is 19.1. The van der Waals surface area contributed by atoms with Gasteiger partial charge in [-0.3, -0.25) is 0 Å². The van der Waals surface area contributed by atoms with Crippen molar-refractivity contribution in [2.75, 3.05) is 11.9 Å². The Morgan fingerprint density at radius 3 is 2.89 bits per heavy atom. The van der Waals surface area contributed by atoms with Crippen LogP contribution in [0.3, 0.4) is 0 Å². The maximum absolute atomic E-state index is 12.9. The minimum atomic E-state index is -1.01. The number of amides is 2. The molecular formula is C12H13FN2O3. The predicted molar refractivity (Wildman–Crippen MR) is 62.8 cm³/mol. The van der Waals surface area contributed by atoms with Gasteiger partial charge in [-0.25, -0.2) is 14.0 Å². The third-order valence-corrected chi connectivity index (χ3v) is 2.87. The summed E-state index contributed by atoms with van der Waals surface area (Å²) in [5.41, 5.74) is 0.316. The molecule has 0 radical (unpaired) electrons. The second-order valence-corrected chi connectivity index (χ2v) is 4.13. The lowest BCUT2D eigenvalue weighted by Gasteiger charge is -2.21. The van der Waals surface area contributed by atoms with Crippen LogP contribution in [0.25, 0.3) is 0 Å². The van der Waals surface area contributed by atoms with Crippen LogP contribution in [-0.4, -0.2) is 34.6 Å². The Labute approximate surface area is 103 Å². The number of carbonyl (C=O) groups excluding carboxylic acids is 1. The van der Waals surface area contributed by atoms with Crippen molar-refractivity contribution < 1.29 is 19.1 Å². The Hall–Kier alpha value is -2.11. The Morgan fingerprint density at radius 2 is 2.22 bits per heavy atom. The Bertz CT molecular complexity index is 478. The van der Waals surface area contributed by atoms with Gasteiger partial charge in [0.15, 0.2) is 0 Å². The average Bonchev–Trinajstić information content (AvgIpc) is 2.77. The number of anilines is 1. The predicted octanol–water partition coefficient (Wildman–Crippen LogP) is 1.91. The zero-order valence-electron chi connectivity index (χ0n) is 9.60. The first-order valence-corrected chi connectivity index (χ1v) is 5.64. The molecule has 0 spiro atoms. The van der Waals surface area contributed by atoms with Gasteiger partial charge in [0.2, 0.25) is 0 Å². The second-order valence-electron chi connectivity index (χ2n) is 4.13. The molecule has 0 aliphatic carbocycles. The molecule has 0 bridgehead atoms. The number of likely N-dealkylation sites (tertiary alicyclic amines) is 1. The largest absolute Gasteiger partial charge is 0.480 e. The van der Waals surface area contributed by atoms with E-state index < -0.39 is 23.9 Å². The molecule has 0 saturated carbocycles. The molecule has 1 aromatic carbocycles. The van der Waals surface area contributed by atoms with Crippen molar-refractivity contribution >= 4 is 17.7 Å². The number of urea groups is 1. The number of carboxylic acids is 1. The Kier molecular flexibility index (Phi) is 3.45. The molecule has 6 heteroatoms. The number of rotatable bonds is 2. The normalized spacial score (nSPS) is 18.7.